The van der Waals surface area contributed by atoms with Crippen molar-refractivity contribution >= 4 is 41.5 Å². The molecule has 0 saturated carbocycles. The fourth-order valence-corrected chi connectivity index (χ4v) is 3.26. The summed E-state index contributed by atoms with van der Waals surface area (Å²) in [6.07, 6.45) is 3.30. The van der Waals surface area contributed by atoms with Crippen molar-refractivity contribution in [2.24, 2.45) is 4.99 Å². The van der Waals surface area contributed by atoms with Gasteiger partial charge in [0.1, 0.15) is 11.6 Å². The molecule has 0 saturated heterocycles. The molecule has 0 atom stereocenters. The minimum absolute atomic E-state index is 0. The molecule has 0 unspecified atom stereocenters. The number of aliphatic imine (C=N–C) groups is 1. The molecule has 0 aliphatic carbocycles. The van der Waals surface area contributed by atoms with E-state index >= 15 is 0 Å². The minimum Gasteiger partial charge on any atom is -0.349 e. The number of nitrogens with one attached hydrogen (secondary N) is 1. The van der Waals surface area contributed by atoms with Crippen LogP contribution in [0.2, 0.25) is 5.02 Å². The molecule has 0 fully saturated rings. The van der Waals surface area contributed by atoms with Gasteiger partial charge in [-0.2, -0.15) is 0 Å². The second-order valence-electron chi connectivity index (χ2n) is 6.10. The van der Waals surface area contributed by atoms with Crippen molar-refractivity contribution in [3.8, 4) is 0 Å². The van der Waals surface area contributed by atoms with Crippen LogP contribution < -0.4 is 5.32 Å². The number of rotatable bonds is 4. The van der Waals surface area contributed by atoms with E-state index in [1.165, 1.54) is 12.5 Å². The highest BCUT2D eigenvalue weighted by Gasteiger charge is 2.17. The first-order valence-corrected chi connectivity index (χ1v) is 8.73. The summed E-state index contributed by atoms with van der Waals surface area (Å²) in [5.41, 5.74) is 0.453. The third kappa shape index (κ3) is 4.64. The van der Waals surface area contributed by atoms with Crippen molar-refractivity contribution in [1.82, 2.24) is 25.0 Å². The summed E-state index contributed by atoms with van der Waals surface area (Å²) < 4.78 is 16.1. The quantitative estimate of drug-likeness (QED) is 0.404. The van der Waals surface area contributed by atoms with Gasteiger partial charge in [-0.15, -0.1) is 34.2 Å². The van der Waals surface area contributed by atoms with Crippen molar-refractivity contribution in [1.29, 1.82) is 0 Å². The van der Waals surface area contributed by atoms with E-state index in [-0.39, 0.29) is 29.8 Å². The van der Waals surface area contributed by atoms with E-state index in [2.05, 4.69) is 25.1 Å². The fourth-order valence-electron chi connectivity index (χ4n) is 3.04. The van der Waals surface area contributed by atoms with Gasteiger partial charge in [0.15, 0.2) is 11.8 Å². The number of halogens is 3. The normalized spacial score (nSPS) is 13.8. The number of aromatic nitrogens is 3. The summed E-state index contributed by atoms with van der Waals surface area (Å²) in [5.74, 6) is 2.27. The molecule has 0 bridgehead atoms. The first-order chi connectivity index (χ1) is 12.1. The molecule has 9 heteroatoms. The monoisotopic (exact) mass is 492 g/mol. The topological polar surface area (TPSA) is 58.3 Å². The van der Waals surface area contributed by atoms with Crippen LogP contribution in [0.3, 0.4) is 0 Å². The predicted molar refractivity (Wildman–Crippen MR) is 111 cm³/mol. The molecule has 6 nitrogen and oxygen atoms in total. The van der Waals surface area contributed by atoms with Gasteiger partial charge < -0.3 is 14.8 Å². The highest BCUT2D eigenvalue weighted by atomic mass is 127. The zero-order chi connectivity index (χ0) is 17.8. The van der Waals surface area contributed by atoms with Gasteiger partial charge in [-0.3, -0.25) is 4.99 Å². The van der Waals surface area contributed by atoms with Crippen molar-refractivity contribution in [2.75, 3.05) is 14.1 Å². The van der Waals surface area contributed by atoms with Crippen LogP contribution in [0, 0.1) is 5.82 Å². The number of nitrogens with zero attached hydrogens (tertiary/aromatic N) is 5. The molecular weight excluding hydrogens is 470 g/mol. The van der Waals surface area contributed by atoms with Gasteiger partial charge in [0.05, 0.1) is 6.54 Å². The zero-order valence-corrected chi connectivity index (χ0v) is 18.0. The van der Waals surface area contributed by atoms with E-state index in [1.54, 1.807) is 19.2 Å². The summed E-state index contributed by atoms with van der Waals surface area (Å²) in [6.45, 7) is 1.80. The standard InChI is InChI=1S/C17H22ClFN6.HI/c1-20-17(24(2)11-12-13(18)6-5-7-14(12)19)21-10-16-23-22-15-8-3-4-9-25(15)16;/h5-7H,3-4,8-11H2,1-2H3,(H,20,21);1H. The van der Waals surface area contributed by atoms with Crippen LogP contribution >= 0.6 is 35.6 Å². The fraction of sp³-hybridized carbons (Fsp3) is 0.471. The Kier molecular flexibility index (Phi) is 7.63. The van der Waals surface area contributed by atoms with Crippen LogP contribution in [-0.4, -0.2) is 39.7 Å². The number of aryl methyl sites for hydroxylation is 1. The second kappa shape index (κ2) is 9.50. The van der Waals surface area contributed by atoms with Crippen LogP contribution in [0.15, 0.2) is 23.2 Å². The summed E-state index contributed by atoms with van der Waals surface area (Å²) in [6, 6.07) is 4.70. The second-order valence-corrected chi connectivity index (χ2v) is 6.51. The van der Waals surface area contributed by atoms with Gasteiger partial charge in [0.25, 0.3) is 0 Å². The van der Waals surface area contributed by atoms with Gasteiger partial charge in [-0.1, -0.05) is 17.7 Å². The lowest BCUT2D eigenvalue weighted by molar-refractivity contribution is 0.455. The molecule has 2 aromatic rings. The van der Waals surface area contributed by atoms with E-state index in [0.29, 0.717) is 29.6 Å². The molecule has 1 aromatic heterocycles. The Bertz CT molecular complexity index is 758. The third-order valence-electron chi connectivity index (χ3n) is 4.37. The Morgan fingerprint density at radius 1 is 1.38 bits per heavy atom. The van der Waals surface area contributed by atoms with E-state index in [1.807, 2.05) is 11.9 Å². The minimum atomic E-state index is -0.318. The molecule has 1 aliphatic heterocycles. The van der Waals surface area contributed by atoms with E-state index in [0.717, 1.165) is 31.0 Å². The molecule has 0 spiro atoms. The number of fused-ring (bicyclic) bond motifs is 1. The summed E-state index contributed by atoms with van der Waals surface area (Å²) >= 11 is 6.11. The largest absolute Gasteiger partial charge is 0.349 e. The highest BCUT2D eigenvalue weighted by Crippen LogP contribution is 2.20. The maximum absolute atomic E-state index is 14.0. The van der Waals surface area contributed by atoms with Crippen LogP contribution in [0.1, 0.15) is 30.1 Å². The van der Waals surface area contributed by atoms with E-state index < -0.39 is 0 Å². The first kappa shape index (κ1) is 20.9. The van der Waals surface area contributed by atoms with E-state index in [4.69, 9.17) is 11.6 Å². The summed E-state index contributed by atoms with van der Waals surface area (Å²) in [5, 5.41) is 12.2. The Morgan fingerprint density at radius 3 is 2.92 bits per heavy atom. The van der Waals surface area contributed by atoms with Crippen molar-refractivity contribution in [3.63, 3.8) is 0 Å². The van der Waals surface area contributed by atoms with Gasteiger partial charge in [0.2, 0.25) is 0 Å². The Balaban J connectivity index is 0.00000243. The Hall–Kier alpha value is -1.42. The molecule has 142 valence electrons. The molecular formula is C17H23ClFIN6. The molecule has 3 rings (SSSR count). The van der Waals surface area contributed by atoms with Crippen molar-refractivity contribution < 1.29 is 4.39 Å². The summed E-state index contributed by atoms with van der Waals surface area (Å²) in [4.78, 5) is 6.09. The number of hydrogen-bond donors (Lipinski definition) is 1. The lowest BCUT2D eigenvalue weighted by Crippen LogP contribution is -2.38. The molecule has 1 N–H and O–H groups in total. The van der Waals surface area contributed by atoms with Gasteiger partial charge in [-0.05, 0) is 25.0 Å². The number of benzene rings is 1. The molecule has 26 heavy (non-hydrogen) atoms. The van der Waals surface area contributed by atoms with Crippen LogP contribution in [0.25, 0.3) is 0 Å². The lowest BCUT2D eigenvalue weighted by atomic mass is 10.2. The van der Waals surface area contributed by atoms with Crippen LogP contribution in [-0.2, 0) is 26.1 Å². The lowest BCUT2D eigenvalue weighted by Gasteiger charge is -2.23. The van der Waals surface area contributed by atoms with Gasteiger partial charge in [0, 0.05) is 44.2 Å². The predicted octanol–water partition coefficient (Wildman–Crippen LogP) is 3.23. The smallest absolute Gasteiger partial charge is 0.194 e. The Morgan fingerprint density at radius 2 is 2.19 bits per heavy atom. The van der Waals surface area contributed by atoms with Crippen molar-refractivity contribution in [2.45, 2.75) is 38.9 Å². The molecule has 1 aliphatic rings. The van der Waals surface area contributed by atoms with Gasteiger partial charge >= 0.3 is 0 Å². The molecule has 2 heterocycles. The Labute approximate surface area is 174 Å². The zero-order valence-electron chi connectivity index (χ0n) is 14.9. The number of guanidine groups is 1. The third-order valence-corrected chi connectivity index (χ3v) is 4.73. The van der Waals surface area contributed by atoms with Crippen molar-refractivity contribution in [3.05, 3.63) is 46.3 Å². The molecule has 0 radical (unpaired) electrons. The average molecular weight is 493 g/mol. The van der Waals surface area contributed by atoms with E-state index in [9.17, 15) is 4.39 Å². The molecule has 1 aromatic carbocycles. The maximum Gasteiger partial charge on any atom is 0.194 e. The summed E-state index contributed by atoms with van der Waals surface area (Å²) in [7, 11) is 3.54. The maximum atomic E-state index is 14.0. The number of hydrogen-bond acceptors (Lipinski definition) is 3. The SMILES string of the molecule is CN=C(NCc1nnc2n1CCCC2)N(C)Cc1c(F)cccc1Cl.I. The highest BCUT2D eigenvalue weighted by molar-refractivity contribution is 14.0. The average Bonchev–Trinajstić information content (AvgIpc) is 3.02. The van der Waals surface area contributed by atoms with Crippen LogP contribution in [0.4, 0.5) is 4.39 Å². The molecule has 0 amide bonds. The van der Waals surface area contributed by atoms with Crippen LogP contribution in [0.5, 0.6) is 0 Å². The van der Waals surface area contributed by atoms with Gasteiger partial charge in [-0.25, -0.2) is 4.39 Å². The first-order valence-electron chi connectivity index (χ1n) is 8.35.